The third kappa shape index (κ3) is 5.92. The molecule has 0 bridgehead atoms. The van der Waals surface area contributed by atoms with Gasteiger partial charge in [0.05, 0.1) is 5.56 Å². The van der Waals surface area contributed by atoms with E-state index in [0.717, 1.165) is 11.6 Å². The van der Waals surface area contributed by atoms with Crippen molar-refractivity contribution in [2.75, 3.05) is 19.7 Å². The van der Waals surface area contributed by atoms with E-state index in [1.54, 1.807) is 47.4 Å². The summed E-state index contributed by atoms with van der Waals surface area (Å²) in [6, 6.07) is 18.8. The molecule has 1 fully saturated rings. The third-order valence-electron chi connectivity index (χ3n) is 6.31. The highest BCUT2D eigenvalue weighted by Gasteiger charge is 2.32. The Bertz CT molecular complexity index is 1180. The van der Waals surface area contributed by atoms with Crippen molar-refractivity contribution in [3.05, 3.63) is 101 Å². The van der Waals surface area contributed by atoms with Gasteiger partial charge in [0.15, 0.2) is 12.4 Å². The number of halogens is 2. The molecule has 3 aromatic carbocycles. The van der Waals surface area contributed by atoms with Gasteiger partial charge in [-0.25, -0.2) is 8.78 Å². The van der Waals surface area contributed by atoms with Gasteiger partial charge in [0, 0.05) is 37.3 Å². The van der Waals surface area contributed by atoms with Crippen LogP contribution in [0.25, 0.3) is 0 Å². The number of carbonyl (C=O) groups excluding carboxylic acids is 2. The van der Waals surface area contributed by atoms with Gasteiger partial charge >= 0.3 is 0 Å². The Morgan fingerprint density at radius 2 is 1.57 bits per heavy atom. The number of ketones is 1. The number of benzene rings is 3. The minimum atomic E-state index is -0.553. The zero-order chi connectivity index (χ0) is 24.9. The monoisotopic (exact) mass is 478 g/mol. The summed E-state index contributed by atoms with van der Waals surface area (Å²) in [5.41, 5.74) is 1.50. The number of hydrogen-bond acceptors (Lipinski definition) is 4. The lowest BCUT2D eigenvalue weighted by Crippen LogP contribution is -2.58. The maximum absolute atomic E-state index is 13.9. The van der Waals surface area contributed by atoms with Gasteiger partial charge < -0.3 is 9.64 Å². The van der Waals surface area contributed by atoms with Gasteiger partial charge in [-0.1, -0.05) is 42.5 Å². The van der Waals surface area contributed by atoms with Crippen molar-refractivity contribution in [2.24, 2.45) is 0 Å². The quantitative estimate of drug-likeness (QED) is 0.462. The highest BCUT2D eigenvalue weighted by atomic mass is 19.1. The summed E-state index contributed by atoms with van der Waals surface area (Å²) in [6.07, 6.45) is 0. The van der Waals surface area contributed by atoms with Crippen LogP contribution < -0.4 is 4.74 Å². The number of rotatable bonds is 7. The molecule has 1 aliphatic heterocycles. The fraction of sp³-hybridized carbons (Fsp3) is 0.286. The molecule has 0 aliphatic carbocycles. The summed E-state index contributed by atoms with van der Waals surface area (Å²) >= 11 is 0. The van der Waals surface area contributed by atoms with Crippen molar-refractivity contribution in [1.29, 1.82) is 0 Å². The first kappa shape index (κ1) is 24.5. The summed E-state index contributed by atoms with van der Waals surface area (Å²) in [5, 5.41) is 0. The van der Waals surface area contributed by atoms with Crippen LogP contribution in [0.5, 0.6) is 5.75 Å². The Morgan fingerprint density at radius 1 is 0.886 bits per heavy atom. The van der Waals surface area contributed by atoms with E-state index in [4.69, 9.17) is 4.74 Å². The predicted molar refractivity (Wildman–Crippen MR) is 129 cm³/mol. The van der Waals surface area contributed by atoms with Crippen LogP contribution in [0, 0.1) is 11.6 Å². The molecule has 7 heteroatoms. The fourth-order valence-electron chi connectivity index (χ4n) is 4.36. The van der Waals surface area contributed by atoms with Gasteiger partial charge in [0.1, 0.15) is 17.4 Å². The molecule has 182 valence electrons. The summed E-state index contributed by atoms with van der Waals surface area (Å²) in [7, 11) is 0. The predicted octanol–water partition coefficient (Wildman–Crippen LogP) is 4.70. The molecule has 0 N–H and O–H groups in total. The molecule has 2 atom stereocenters. The zero-order valence-electron chi connectivity index (χ0n) is 19.8. The summed E-state index contributed by atoms with van der Waals surface area (Å²) in [4.78, 5) is 30.0. The zero-order valence-corrected chi connectivity index (χ0v) is 19.8. The number of hydrogen-bond donors (Lipinski definition) is 0. The molecule has 35 heavy (non-hydrogen) atoms. The van der Waals surface area contributed by atoms with Crippen LogP contribution in [0.2, 0.25) is 0 Å². The van der Waals surface area contributed by atoms with Crippen molar-refractivity contribution in [1.82, 2.24) is 9.80 Å². The van der Waals surface area contributed by atoms with Gasteiger partial charge in [-0.15, -0.1) is 0 Å². The van der Waals surface area contributed by atoms with Crippen molar-refractivity contribution in [3.8, 4) is 5.75 Å². The minimum absolute atomic E-state index is 0.0543. The van der Waals surface area contributed by atoms with Crippen molar-refractivity contribution >= 4 is 11.7 Å². The third-order valence-corrected chi connectivity index (χ3v) is 6.31. The SMILES string of the molecule is CC1CN(C(=O)COc2ccc(F)cc2C(=O)c2ccccc2)C(C)CN1Cc1ccc(F)cc1. The van der Waals surface area contributed by atoms with Crippen LogP contribution in [0.15, 0.2) is 72.8 Å². The largest absolute Gasteiger partial charge is 0.483 e. The van der Waals surface area contributed by atoms with E-state index < -0.39 is 5.82 Å². The van der Waals surface area contributed by atoms with Crippen LogP contribution in [0.1, 0.15) is 35.3 Å². The fourth-order valence-corrected chi connectivity index (χ4v) is 4.36. The van der Waals surface area contributed by atoms with Gasteiger partial charge in [0.25, 0.3) is 5.91 Å². The molecule has 0 radical (unpaired) electrons. The van der Waals surface area contributed by atoms with Crippen LogP contribution in [-0.4, -0.2) is 53.3 Å². The molecule has 3 aromatic rings. The average Bonchev–Trinajstić information content (AvgIpc) is 2.86. The topological polar surface area (TPSA) is 49.9 Å². The smallest absolute Gasteiger partial charge is 0.260 e. The highest BCUT2D eigenvalue weighted by molar-refractivity contribution is 6.10. The van der Waals surface area contributed by atoms with Crippen LogP contribution in [-0.2, 0) is 11.3 Å². The molecule has 0 saturated carbocycles. The second-order valence-corrected chi connectivity index (χ2v) is 8.92. The van der Waals surface area contributed by atoms with Gasteiger partial charge in [-0.05, 0) is 49.7 Å². The maximum Gasteiger partial charge on any atom is 0.260 e. The highest BCUT2D eigenvalue weighted by Crippen LogP contribution is 2.24. The van der Waals surface area contributed by atoms with Gasteiger partial charge in [0.2, 0.25) is 0 Å². The van der Waals surface area contributed by atoms with E-state index in [-0.39, 0.29) is 47.5 Å². The molecule has 1 aliphatic rings. The van der Waals surface area contributed by atoms with Gasteiger partial charge in [-0.2, -0.15) is 0 Å². The number of piperazine rings is 1. The van der Waals surface area contributed by atoms with Gasteiger partial charge in [-0.3, -0.25) is 14.5 Å². The first-order valence-corrected chi connectivity index (χ1v) is 11.6. The molecule has 4 rings (SSSR count). The molecule has 5 nitrogen and oxygen atoms in total. The lowest BCUT2D eigenvalue weighted by atomic mass is 10.0. The molecular weight excluding hydrogens is 450 g/mol. The second kappa shape index (κ2) is 10.8. The van der Waals surface area contributed by atoms with E-state index in [1.165, 1.54) is 24.3 Å². The molecule has 1 saturated heterocycles. The molecular formula is C28H28F2N2O3. The van der Waals surface area contributed by atoms with Crippen molar-refractivity contribution < 1.29 is 23.1 Å². The Hall–Kier alpha value is -3.58. The lowest BCUT2D eigenvalue weighted by Gasteiger charge is -2.44. The van der Waals surface area contributed by atoms with Crippen LogP contribution >= 0.6 is 0 Å². The van der Waals surface area contributed by atoms with Crippen molar-refractivity contribution in [3.63, 3.8) is 0 Å². The minimum Gasteiger partial charge on any atom is -0.483 e. The standard InChI is InChI=1S/C28H28F2N2O3/c1-19-16-32(20(2)15-31(19)17-21-8-10-23(29)11-9-21)27(33)18-35-26-13-12-24(30)14-25(26)28(34)22-6-4-3-5-7-22/h3-14,19-20H,15-18H2,1-2H3. The molecule has 2 unspecified atom stereocenters. The Kier molecular flexibility index (Phi) is 7.56. The summed E-state index contributed by atoms with van der Waals surface area (Å²) < 4.78 is 32.9. The first-order chi connectivity index (χ1) is 16.8. The number of amides is 1. The average molecular weight is 479 g/mol. The van der Waals surface area contributed by atoms with E-state index in [2.05, 4.69) is 4.90 Å². The van der Waals surface area contributed by atoms with Crippen LogP contribution in [0.3, 0.4) is 0 Å². The molecule has 0 aromatic heterocycles. The van der Waals surface area contributed by atoms with E-state index in [1.807, 2.05) is 13.8 Å². The second-order valence-electron chi connectivity index (χ2n) is 8.92. The molecule has 1 amide bonds. The molecule has 1 heterocycles. The van der Waals surface area contributed by atoms with Crippen molar-refractivity contribution in [2.45, 2.75) is 32.5 Å². The van der Waals surface area contributed by atoms with E-state index >= 15 is 0 Å². The summed E-state index contributed by atoms with van der Waals surface area (Å²) in [5.74, 6) is -1.22. The Balaban J connectivity index is 1.40. The summed E-state index contributed by atoms with van der Waals surface area (Å²) in [6.45, 7) is 5.62. The number of nitrogens with zero attached hydrogens (tertiary/aromatic N) is 2. The van der Waals surface area contributed by atoms with Crippen LogP contribution in [0.4, 0.5) is 8.78 Å². The normalized spacial score (nSPS) is 18.3. The number of carbonyl (C=O) groups is 2. The van der Waals surface area contributed by atoms with E-state index in [9.17, 15) is 18.4 Å². The Labute approximate surface area is 203 Å². The number of ether oxygens (including phenoxy) is 1. The lowest BCUT2D eigenvalue weighted by molar-refractivity contribution is -0.139. The first-order valence-electron chi connectivity index (χ1n) is 11.6. The maximum atomic E-state index is 13.9. The molecule has 0 spiro atoms. The Morgan fingerprint density at radius 3 is 2.29 bits per heavy atom. The van der Waals surface area contributed by atoms with E-state index in [0.29, 0.717) is 25.2 Å².